The van der Waals surface area contributed by atoms with E-state index in [2.05, 4.69) is 10.1 Å². The van der Waals surface area contributed by atoms with Gasteiger partial charge in [-0.3, -0.25) is 0 Å². The van der Waals surface area contributed by atoms with Gasteiger partial charge in [-0.1, -0.05) is 17.3 Å². The Hall–Kier alpha value is -1.99. The van der Waals surface area contributed by atoms with Gasteiger partial charge in [0.05, 0.1) is 6.04 Å². The van der Waals surface area contributed by atoms with Gasteiger partial charge in [-0.25, -0.2) is 4.39 Å². The minimum Gasteiger partial charge on any atom is -0.482 e. The van der Waals surface area contributed by atoms with E-state index in [1.54, 1.807) is 18.2 Å². The molecule has 2 heterocycles. The Morgan fingerprint density at radius 3 is 2.86 bits per heavy atom. The zero-order valence-electron chi connectivity index (χ0n) is 12.1. The highest BCUT2D eigenvalue weighted by molar-refractivity contribution is 5.23. The van der Waals surface area contributed by atoms with Crippen LogP contribution in [0.15, 0.2) is 28.8 Å². The van der Waals surface area contributed by atoms with Gasteiger partial charge in [-0.05, 0) is 30.9 Å². The van der Waals surface area contributed by atoms with Crippen molar-refractivity contribution in [3.63, 3.8) is 0 Å². The highest BCUT2D eigenvalue weighted by Gasteiger charge is 2.26. The van der Waals surface area contributed by atoms with Gasteiger partial charge >= 0.3 is 0 Å². The second kappa shape index (κ2) is 6.85. The number of aromatic nitrogens is 2. The molecule has 0 spiro atoms. The topological polar surface area (TPSA) is 83.4 Å². The van der Waals surface area contributed by atoms with Gasteiger partial charge in [0, 0.05) is 13.2 Å². The Labute approximate surface area is 127 Å². The summed E-state index contributed by atoms with van der Waals surface area (Å²) in [7, 11) is 0. The third kappa shape index (κ3) is 3.42. The van der Waals surface area contributed by atoms with E-state index in [1.807, 2.05) is 0 Å². The number of nitrogens with zero attached hydrogens (tertiary/aromatic N) is 2. The van der Waals surface area contributed by atoms with Gasteiger partial charge in [0.1, 0.15) is 0 Å². The molecule has 1 atom stereocenters. The standard InChI is InChI=1S/C15H18FN3O3/c16-11-3-1-2-4-12(11)21-9-13-18-15(22-19-13)14(17)10-5-7-20-8-6-10/h1-4,10,14H,5-9,17H2. The lowest BCUT2D eigenvalue weighted by atomic mass is 9.92. The molecule has 0 saturated carbocycles. The first-order valence-electron chi connectivity index (χ1n) is 7.27. The van der Waals surface area contributed by atoms with Crippen LogP contribution in [0.2, 0.25) is 0 Å². The van der Waals surface area contributed by atoms with Gasteiger partial charge in [0.25, 0.3) is 0 Å². The predicted molar refractivity (Wildman–Crippen MR) is 75.5 cm³/mol. The number of para-hydroxylation sites is 1. The van der Waals surface area contributed by atoms with Crippen molar-refractivity contribution in [2.75, 3.05) is 13.2 Å². The maximum absolute atomic E-state index is 13.4. The normalized spacial score (nSPS) is 17.4. The summed E-state index contributed by atoms with van der Waals surface area (Å²) in [5.74, 6) is 0.738. The molecular formula is C15H18FN3O3. The average molecular weight is 307 g/mol. The highest BCUT2D eigenvalue weighted by Crippen LogP contribution is 2.27. The molecular weight excluding hydrogens is 289 g/mol. The minimum absolute atomic E-state index is 0.0327. The van der Waals surface area contributed by atoms with E-state index in [9.17, 15) is 4.39 Å². The zero-order valence-corrected chi connectivity index (χ0v) is 12.1. The lowest BCUT2D eigenvalue weighted by Gasteiger charge is -2.25. The monoisotopic (exact) mass is 307 g/mol. The lowest BCUT2D eigenvalue weighted by Crippen LogP contribution is -2.27. The molecule has 1 aromatic heterocycles. The van der Waals surface area contributed by atoms with Gasteiger partial charge in [-0.15, -0.1) is 0 Å². The van der Waals surface area contributed by atoms with Crippen molar-refractivity contribution < 1.29 is 18.4 Å². The smallest absolute Gasteiger partial charge is 0.243 e. The van der Waals surface area contributed by atoms with Crippen LogP contribution in [0, 0.1) is 11.7 Å². The second-order valence-corrected chi connectivity index (χ2v) is 5.24. The number of benzene rings is 1. The number of hydrogen-bond acceptors (Lipinski definition) is 6. The summed E-state index contributed by atoms with van der Waals surface area (Å²) in [4.78, 5) is 4.24. The first-order chi connectivity index (χ1) is 10.7. The van der Waals surface area contributed by atoms with E-state index in [1.165, 1.54) is 6.07 Å². The first kappa shape index (κ1) is 14.9. The summed E-state index contributed by atoms with van der Waals surface area (Å²) in [5.41, 5.74) is 6.16. The second-order valence-electron chi connectivity index (χ2n) is 5.24. The Bertz CT molecular complexity index is 614. The molecule has 0 aliphatic carbocycles. The van der Waals surface area contributed by atoms with Crippen LogP contribution in [0.1, 0.15) is 30.6 Å². The van der Waals surface area contributed by atoms with E-state index in [0.29, 0.717) is 24.9 Å². The molecule has 1 aliphatic rings. The molecule has 1 saturated heterocycles. The van der Waals surface area contributed by atoms with Crippen LogP contribution in [0.25, 0.3) is 0 Å². The fourth-order valence-corrected chi connectivity index (χ4v) is 2.44. The van der Waals surface area contributed by atoms with Crippen LogP contribution >= 0.6 is 0 Å². The zero-order chi connectivity index (χ0) is 15.4. The Morgan fingerprint density at radius 2 is 2.09 bits per heavy atom. The average Bonchev–Trinajstić information content (AvgIpc) is 3.03. The molecule has 6 nitrogen and oxygen atoms in total. The third-order valence-corrected chi connectivity index (χ3v) is 3.74. The van der Waals surface area contributed by atoms with Crippen molar-refractivity contribution in [1.29, 1.82) is 0 Å². The van der Waals surface area contributed by atoms with Crippen LogP contribution in [-0.2, 0) is 11.3 Å². The number of halogens is 1. The van der Waals surface area contributed by atoms with Gasteiger partial charge in [-0.2, -0.15) is 4.98 Å². The maximum Gasteiger partial charge on any atom is 0.243 e. The molecule has 1 unspecified atom stereocenters. The lowest BCUT2D eigenvalue weighted by molar-refractivity contribution is 0.0546. The van der Waals surface area contributed by atoms with Crippen LogP contribution in [0.5, 0.6) is 5.75 Å². The van der Waals surface area contributed by atoms with Crippen LogP contribution in [0.3, 0.4) is 0 Å². The molecule has 2 N–H and O–H groups in total. The van der Waals surface area contributed by atoms with Crippen molar-refractivity contribution in [3.05, 3.63) is 41.8 Å². The number of hydrogen-bond donors (Lipinski definition) is 1. The van der Waals surface area contributed by atoms with E-state index in [0.717, 1.165) is 12.8 Å². The summed E-state index contributed by atoms with van der Waals surface area (Å²) < 4.78 is 29.3. The molecule has 118 valence electrons. The van der Waals surface area contributed by atoms with Crippen LogP contribution in [-0.4, -0.2) is 23.4 Å². The van der Waals surface area contributed by atoms with E-state index in [-0.39, 0.29) is 24.3 Å². The maximum atomic E-state index is 13.4. The summed E-state index contributed by atoms with van der Waals surface area (Å²) in [6.07, 6.45) is 1.76. The number of ether oxygens (including phenoxy) is 2. The SMILES string of the molecule is NC(c1nc(COc2ccccc2F)no1)C1CCOCC1. The molecule has 0 amide bonds. The first-order valence-corrected chi connectivity index (χ1v) is 7.27. The van der Waals surface area contributed by atoms with Crippen molar-refractivity contribution in [1.82, 2.24) is 10.1 Å². The van der Waals surface area contributed by atoms with Crippen molar-refractivity contribution in [3.8, 4) is 5.75 Å². The Kier molecular flexibility index (Phi) is 4.65. The van der Waals surface area contributed by atoms with Crippen molar-refractivity contribution in [2.45, 2.75) is 25.5 Å². The summed E-state index contributed by atoms with van der Waals surface area (Å²) in [6, 6.07) is 5.86. The summed E-state index contributed by atoms with van der Waals surface area (Å²) in [6.45, 7) is 1.44. The summed E-state index contributed by atoms with van der Waals surface area (Å²) >= 11 is 0. The largest absolute Gasteiger partial charge is 0.482 e. The quantitative estimate of drug-likeness (QED) is 0.912. The van der Waals surface area contributed by atoms with Crippen molar-refractivity contribution in [2.24, 2.45) is 11.7 Å². The van der Waals surface area contributed by atoms with E-state index < -0.39 is 5.82 Å². The molecule has 1 aliphatic heterocycles. The molecule has 3 rings (SSSR count). The Morgan fingerprint density at radius 1 is 1.32 bits per heavy atom. The van der Waals surface area contributed by atoms with Gasteiger partial charge in [0.15, 0.2) is 18.2 Å². The van der Waals surface area contributed by atoms with E-state index in [4.69, 9.17) is 19.7 Å². The molecule has 0 bridgehead atoms. The number of rotatable bonds is 5. The van der Waals surface area contributed by atoms with Gasteiger partial charge < -0.3 is 19.7 Å². The minimum atomic E-state index is -0.426. The molecule has 1 aromatic carbocycles. The summed E-state index contributed by atoms with van der Waals surface area (Å²) in [5, 5.41) is 3.83. The molecule has 22 heavy (non-hydrogen) atoms. The fraction of sp³-hybridized carbons (Fsp3) is 0.467. The van der Waals surface area contributed by atoms with E-state index >= 15 is 0 Å². The molecule has 7 heteroatoms. The van der Waals surface area contributed by atoms with Crippen LogP contribution in [0.4, 0.5) is 4.39 Å². The number of nitrogens with two attached hydrogens (primary N) is 1. The Balaban J connectivity index is 1.60. The molecule has 0 radical (unpaired) electrons. The highest BCUT2D eigenvalue weighted by atomic mass is 19.1. The molecule has 1 fully saturated rings. The van der Waals surface area contributed by atoms with Gasteiger partial charge in [0.2, 0.25) is 11.7 Å². The fourth-order valence-electron chi connectivity index (χ4n) is 2.44. The molecule has 2 aromatic rings. The van der Waals surface area contributed by atoms with Crippen LogP contribution < -0.4 is 10.5 Å². The van der Waals surface area contributed by atoms with Crippen molar-refractivity contribution >= 4 is 0 Å². The predicted octanol–water partition coefficient (Wildman–Crippen LogP) is 2.21. The third-order valence-electron chi connectivity index (χ3n) is 3.74.